The lowest BCUT2D eigenvalue weighted by molar-refractivity contribution is -0.122. The lowest BCUT2D eigenvalue weighted by atomic mass is 10.1. The summed E-state index contributed by atoms with van der Waals surface area (Å²) in [7, 11) is 0. The first-order chi connectivity index (χ1) is 10.1. The van der Waals surface area contributed by atoms with Crippen LogP contribution in [0, 0.1) is 6.92 Å². The summed E-state index contributed by atoms with van der Waals surface area (Å²) in [6, 6.07) is 7.63. The summed E-state index contributed by atoms with van der Waals surface area (Å²) in [6.45, 7) is 5.93. The van der Waals surface area contributed by atoms with Crippen LogP contribution in [0.3, 0.4) is 0 Å². The smallest absolute Gasteiger partial charge is 0.249 e. The predicted octanol–water partition coefficient (Wildman–Crippen LogP) is 3.41. The van der Waals surface area contributed by atoms with Crippen molar-refractivity contribution in [3.8, 4) is 11.4 Å². The van der Waals surface area contributed by atoms with E-state index in [1.165, 1.54) is 5.56 Å². The number of hydrogen-bond donors (Lipinski definition) is 1. The maximum Gasteiger partial charge on any atom is 0.249 e. The minimum absolute atomic E-state index is 0.0134. The Morgan fingerprint density at radius 2 is 2.05 bits per heavy atom. The van der Waals surface area contributed by atoms with E-state index in [9.17, 15) is 4.79 Å². The average Bonchev–Trinajstić information content (AvgIpc) is 2.96. The van der Waals surface area contributed by atoms with E-state index in [0.29, 0.717) is 18.1 Å². The van der Waals surface area contributed by atoms with Crippen LogP contribution < -0.4 is 5.32 Å². The van der Waals surface area contributed by atoms with Gasteiger partial charge in [0.05, 0.1) is 0 Å². The highest BCUT2D eigenvalue weighted by molar-refractivity contribution is 5.76. The normalized spacial score (nSPS) is 12.1. The van der Waals surface area contributed by atoms with Crippen molar-refractivity contribution in [2.75, 3.05) is 0 Å². The van der Waals surface area contributed by atoms with Gasteiger partial charge in [0.2, 0.25) is 17.6 Å². The van der Waals surface area contributed by atoms with Crippen molar-refractivity contribution in [2.45, 2.75) is 46.1 Å². The van der Waals surface area contributed by atoms with Gasteiger partial charge in [-0.25, -0.2) is 0 Å². The molecule has 112 valence electrons. The van der Waals surface area contributed by atoms with Gasteiger partial charge in [-0.3, -0.25) is 4.79 Å². The summed E-state index contributed by atoms with van der Waals surface area (Å²) in [5, 5.41) is 6.84. The Balaban J connectivity index is 2.02. The molecule has 0 spiro atoms. The average molecular weight is 287 g/mol. The van der Waals surface area contributed by atoms with E-state index in [-0.39, 0.29) is 11.9 Å². The van der Waals surface area contributed by atoms with Crippen LogP contribution >= 0.6 is 0 Å². The number of aryl methyl sites for hydroxylation is 1. The van der Waals surface area contributed by atoms with Gasteiger partial charge >= 0.3 is 0 Å². The Hall–Kier alpha value is -2.17. The van der Waals surface area contributed by atoms with Crippen LogP contribution in [0.4, 0.5) is 0 Å². The number of unbranched alkanes of at least 4 members (excludes halogenated alkanes) is 1. The quantitative estimate of drug-likeness (QED) is 0.884. The van der Waals surface area contributed by atoms with Gasteiger partial charge in [0.1, 0.15) is 6.04 Å². The van der Waals surface area contributed by atoms with E-state index < -0.39 is 0 Å². The number of nitrogens with zero attached hydrogens (tertiary/aromatic N) is 2. The first kappa shape index (κ1) is 15.2. The predicted molar refractivity (Wildman–Crippen MR) is 80.6 cm³/mol. The number of benzene rings is 1. The molecule has 0 fully saturated rings. The summed E-state index contributed by atoms with van der Waals surface area (Å²) in [4.78, 5) is 16.0. The van der Waals surface area contributed by atoms with Gasteiger partial charge in [-0.05, 0) is 20.3 Å². The molecule has 1 atom stereocenters. The Bertz CT molecular complexity index is 590. The molecular formula is C16H21N3O2. The molecule has 0 aliphatic heterocycles. The Labute approximate surface area is 124 Å². The second kappa shape index (κ2) is 7.02. The number of hydrogen-bond acceptors (Lipinski definition) is 4. The lowest BCUT2D eigenvalue weighted by Gasteiger charge is -2.08. The number of carbonyl (C=O) groups excluding carboxylic acids is 1. The molecule has 1 aromatic heterocycles. The lowest BCUT2D eigenvalue weighted by Crippen LogP contribution is -2.26. The first-order valence-corrected chi connectivity index (χ1v) is 7.30. The number of nitrogens with one attached hydrogen (secondary N) is 1. The Kier molecular flexibility index (Phi) is 5.09. The van der Waals surface area contributed by atoms with Gasteiger partial charge in [0.25, 0.3) is 0 Å². The highest BCUT2D eigenvalue weighted by atomic mass is 16.5. The van der Waals surface area contributed by atoms with Crippen molar-refractivity contribution in [2.24, 2.45) is 0 Å². The van der Waals surface area contributed by atoms with Crippen molar-refractivity contribution in [3.05, 3.63) is 35.7 Å². The van der Waals surface area contributed by atoms with Crippen LogP contribution in [0.5, 0.6) is 0 Å². The minimum atomic E-state index is -0.277. The van der Waals surface area contributed by atoms with E-state index >= 15 is 0 Å². The Morgan fingerprint density at radius 1 is 1.33 bits per heavy atom. The number of amides is 1. The standard InChI is InChI=1S/C16H21N3O2/c1-4-5-6-14(20)17-12(3)16-18-15(19-21-16)13-9-7-11(2)8-10-13/h7-10,12H,4-6H2,1-3H3,(H,17,20). The number of rotatable bonds is 6. The molecule has 0 saturated heterocycles. The molecule has 5 nitrogen and oxygen atoms in total. The molecule has 1 aromatic carbocycles. The maximum atomic E-state index is 11.7. The number of carbonyl (C=O) groups is 1. The van der Waals surface area contributed by atoms with Gasteiger partial charge in [-0.15, -0.1) is 0 Å². The molecule has 2 aromatic rings. The third-order valence-electron chi connectivity index (χ3n) is 3.26. The number of aromatic nitrogens is 2. The van der Waals surface area contributed by atoms with Crippen LogP contribution in [0.1, 0.15) is 50.6 Å². The summed E-state index contributed by atoms with van der Waals surface area (Å²) in [6.07, 6.45) is 2.41. The van der Waals surface area contributed by atoms with Gasteiger partial charge in [0.15, 0.2) is 0 Å². The second-order valence-corrected chi connectivity index (χ2v) is 5.22. The summed E-state index contributed by atoms with van der Waals surface area (Å²) < 4.78 is 5.24. The second-order valence-electron chi connectivity index (χ2n) is 5.22. The summed E-state index contributed by atoms with van der Waals surface area (Å²) >= 11 is 0. The fourth-order valence-electron chi connectivity index (χ4n) is 1.94. The highest BCUT2D eigenvalue weighted by Gasteiger charge is 2.16. The zero-order valence-corrected chi connectivity index (χ0v) is 12.7. The third-order valence-corrected chi connectivity index (χ3v) is 3.26. The van der Waals surface area contributed by atoms with Crippen molar-refractivity contribution >= 4 is 5.91 Å². The Morgan fingerprint density at radius 3 is 2.71 bits per heavy atom. The molecule has 1 unspecified atom stereocenters. The van der Waals surface area contributed by atoms with E-state index in [1.54, 1.807) is 0 Å². The summed E-state index contributed by atoms with van der Waals surface area (Å²) in [5.41, 5.74) is 2.08. The monoisotopic (exact) mass is 287 g/mol. The molecule has 1 amide bonds. The fraction of sp³-hybridized carbons (Fsp3) is 0.438. The van der Waals surface area contributed by atoms with E-state index in [1.807, 2.05) is 38.1 Å². The molecule has 0 aliphatic rings. The van der Waals surface area contributed by atoms with Crippen LogP contribution in [0.2, 0.25) is 0 Å². The van der Waals surface area contributed by atoms with E-state index in [2.05, 4.69) is 22.4 Å². The van der Waals surface area contributed by atoms with Gasteiger partial charge < -0.3 is 9.84 Å². The van der Waals surface area contributed by atoms with Gasteiger partial charge in [-0.2, -0.15) is 4.98 Å². The minimum Gasteiger partial charge on any atom is -0.345 e. The zero-order valence-electron chi connectivity index (χ0n) is 12.7. The SMILES string of the molecule is CCCCC(=O)NC(C)c1nc(-c2ccc(C)cc2)no1. The molecule has 21 heavy (non-hydrogen) atoms. The molecule has 0 bridgehead atoms. The third kappa shape index (κ3) is 4.15. The summed E-state index contributed by atoms with van der Waals surface area (Å²) in [5.74, 6) is 0.981. The molecule has 5 heteroatoms. The maximum absolute atomic E-state index is 11.7. The molecule has 0 aliphatic carbocycles. The van der Waals surface area contributed by atoms with Gasteiger partial charge in [0, 0.05) is 12.0 Å². The largest absolute Gasteiger partial charge is 0.345 e. The van der Waals surface area contributed by atoms with Crippen molar-refractivity contribution < 1.29 is 9.32 Å². The molecular weight excluding hydrogens is 266 g/mol. The molecule has 0 saturated carbocycles. The van der Waals surface area contributed by atoms with Gasteiger partial charge in [-0.1, -0.05) is 48.3 Å². The topological polar surface area (TPSA) is 68.0 Å². The van der Waals surface area contributed by atoms with E-state index in [0.717, 1.165) is 18.4 Å². The molecule has 2 rings (SSSR count). The first-order valence-electron chi connectivity index (χ1n) is 7.30. The van der Waals surface area contributed by atoms with Crippen molar-refractivity contribution in [1.29, 1.82) is 0 Å². The van der Waals surface area contributed by atoms with Crippen LogP contribution in [0.25, 0.3) is 11.4 Å². The van der Waals surface area contributed by atoms with Crippen LogP contribution in [-0.4, -0.2) is 16.0 Å². The van der Waals surface area contributed by atoms with Crippen molar-refractivity contribution in [1.82, 2.24) is 15.5 Å². The molecule has 1 N–H and O–H groups in total. The van der Waals surface area contributed by atoms with Crippen LogP contribution in [-0.2, 0) is 4.79 Å². The zero-order chi connectivity index (χ0) is 15.2. The fourth-order valence-corrected chi connectivity index (χ4v) is 1.94. The highest BCUT2D eigenvalue weighted by Crippen LogP contribution is 2.19. The van der Waals surface area contributed by atoms with E-state index in [4.69, 9.17) is 4.52 Å². The molecule has 1 heterocycles. The molecule has 0 radical (unpaired) electrons. The van der Waals surface area contributed by atoms with Crippen molar-refractivity contribution in [3.63, 3.8) is 0 Å². The van der Waals surface area contributed by atoms with Crippen LogP contribution in [0.15, 0.2) is 28.8 Å².